The first-order chi connectivity index (χ1) is 19.5. The van der Waals surface area contributed by atoms with Gasteiger partial charge in [-0.3, -0.25) is 4.79 Å². The van der Waals surface area contributed by atoms with Crippen LogP contribution in [0.5, 0.6) is 5.19 Å². The van der Waals surface area contributed by atoms with E-state index in [0.717, 1.165) is 65.3 Å². The quantitative estimate of drug-likeness (QED) is 0.272. The van der Waals surface area contributed by atoms with Crippen LogP contribution in [0.15, 0.2) is 40.9 Å². The number of amides is 1. The molecule has 10 nitrogen and oxygen atoms in total. The molecule has 0 aliphatic carbocycles. The Morgan fingerprint density at radius 1 is 1.02 bits per heavy atom. The maximum Gasteiger partial charge on any atom is 0.324 e. The third-order valence-electron chi connectivity index (χ3n) is 7.77. The van der Waals surface area contributed by atoms with Crippen molar-refractivity contribution in [2.75, 3.05) is 37.7 Å². The van der Waals surface area contributed by atoms with Gasteiger partial charge in [0.2, 0.25) is 6.41 Å². The fourth-order valence-electron chi connectivity index (χ4n) is 5.25. The van der Waals surface area contributed by atoms with E-state index >= 15 is 0 Å². The molecule has 2 aliphatic heterocycles. The smallest absolute Gasteiger partial charge is 0.324 e. The van der Waals surface area contributed by atoms with E-state index in [9.17, 15) is 4.79 Å². The molecule has 3 aromatic heterocycles. The average molecular weight is 563 g/mol. The number of ether oxygens (including phenoxy) is 2. The highest BCUT2D eigenvalue weighted by Crippen LogP contribution is 2.33. The highest BCUT2D eigenvalue weighted by Gasteiger charge is 2.28. The molecular weight excluding hydrogens is 528 g/mol. The van der Waals surface area contributed by atoms with Crippen LogP contribution in [0.25, 0.3) is 21.6 Å². The van der Waals surface area contributed by atoms with Crippen molar-refractivity contribution in [3.8, 4) is 16.5 Å². The Bertz CT molecular complexity index is 1450. The van der Waals surface area contributed by atoms with E-state index < -0.39 is 0 Å². The van der Waals surface area contributed by atoms with Crippen LogP contribution in [0, 0.1) is 5.92 Å². The molecule has 0 saturated carbocycles. The van der Waals surface area contributed by atoms with Gasteiger partial charge in [0.05, 0.1) is 18.8 Å². The van der Waals surface area contributed by atoms with E-state index in [2.05, 4.69) is 60.1 Å². The molecule has 2 aliphatic rings. The number of hydrogen-bond donors (Lipinski definition) is 0. The fourth-order valence-corrected chi connectivity index (χ4v) is 6.12. The summed E-state index contributed by atoms with van der Waals surface area (Å²) >= 11 is 1.48. The maximum absolute atomic E-state index is 11.1. The lowest BCUT2D eigenvalue weighted by Crippen LogP contribution is -2.38. The van der Waals surface area contributed by atoms with E-state index in [1.165, 1.54) is 11.3 Å². The first kappa shape index (κ1) is 26.6. The molecule has 210 valence electrons. The Kier molecular flexibility index (Phi) is 7.66. The van der Waals surface area contributed by atoms with Crippen LogP contribution in [0.1, 0.15) is 57.0 Å². The molecule has 0 bridgehead atoms. The molecule has 5 heterocycles. The maximum atomic E-state index is 11.1. The number of fused-ring (bicyclic) bond motifs is 1. The number of rotatable bonds is 8. The predicted octanol–water partition coefficient (Wildman–Crippen LogP) is 5.08. The summed E-state index contributed by atoms with van der Waals surface area (Å²) in [4.78, 5) is 30.0. The van der Waals surface area contributed by atoms with Crippen LogP contribution in [-0.2, 0) is 9.53 Å². The number of carbonyl (C=O) groups is 1. The number of carbonyl (C=O) groups excluding carboxylic acids is 1. The lowest BCUT2D eigenvalue weighted by atomic mass is 9.92. The fraction of sp³-hybridized carbons (Fsp3) is 0.483. The zero-order valence-electron chi connectivity index (χ0n) is 23.0. The van der Waals surface area contributed by atoms with Crippen molar-refractivity contribution in [3.63, 3.8) is 0 Å². The largest absolute Gasteiger partial charge is 0.467 e. The Hall–Kier alpha value is -3.57. The molecule has 0 spiro atoms. The molecule has 6 rings (SSSR count). The van der Waals surface area contributed by atoms with Gasteiger partial charge in [-0.25, -0.2) is 9.97 Å². The van der Waals surface area contributed by atoms with Gasteiger partial charge in [0, 0.05) is 31.1 Å². The van der Waals surface area contributed by atoms with Gasteiger partial charge in [-0.05, 0) is 43.4 Å². The van der Waals surface area contributed by atoms with Gasteiger partial charge in [0.1, 0.15) is 22.6 Å². The summed E-state index contributed by atoms with van der Waals surface area (Å²) < 4.78 is 17.7. The molecule has 2 unspecified atom stereocenters. The third-order valence-corrected chi connectivity index (χ3v) is 8.63. The van der Waals surface area contributed by atoms with E-state index in [1.54, 1.807) is 4.90 Å². The van der Waals surface area contributed by atoms with Crippen LogP contribution in [0.2, 0.25) is 0 Å². The number of anilines is 1. The summed E-state index contributed by atoms with van der Waals surface area (Å²) in [7, 11) is 0. The molecule has 0 N–H and O–H groups in total. The molecule has 2 atom stereocenters. The minimum atomic E-state index is -0.101. The van der Waals surface area contributed by atoms with Crippen LogP contribution >= 0.6 is 11.3 Å². The van der Waals surface area contributed by atoms with Crippen LogP contribution in [0.3, 0.4) is 0 Å². The summed E-state index contributed by atoms with van der Waals surface area (Å²) in [6.07, 6.45) is 2.81. The zero-order valence-corrected chi connectivity index (χ0v) is 23.8. The molecule has 1 amide bonds. The van der Waals surface area contributed by atoms with Gasteiger partial charge in [0.25, 0.3) is 5.19 Å². The van der Waals surface area contributed by atoms with Crippen molar-refractivity contribution >= 4 is 34.1 Å². The normalized spacial score (nSPS) is 19.4. The Labute approximate surface area is 237 Å². The molecule has 11 heteroatoms. The van der Waals surface area contributed by atoms with Crippen molar-refractivity contribution in [2.45, 2.75) is 51.7 Å². The summed E-state index contributed by atoms with van der Waals surface area (Å²) in [6, 6.07) is 12.8. The Balaban J connectivity index is 1.07. The van der Waals surface area contributed by atoms with E-state index in [0.29, 0.717) is 36.8 Å². The lowest BCUT2D eigenvalue weighted by Gasteiger charge is -2.33. The van der Waals surface area contributed by atoms with E-state index in [-0.39, 0.29) is 18.1 Å². The van der Waals surface area contributed by atoms with Gasteiger partial charge in [-0.1, -0.05) is 54.6 Å². The first-order valence-electron chi connectivity index (χ1n) is 13.9. The number of piperidine rings is 1. The van der Waals surface area contributed by atoms with Crippen molar-refractivity contribution < 1.29 is 18.8 Å². The number of aromatic nitrogens is 4. The van der Waals surface area contributed by atoms with Gasteiger partial charge >= 0.3 is 6.01 Å². The van der Waals surface area contributed by atoms with Gasteiger partial charge in [-0.2, -0.15) is 4.98 Å². The highest BCUT2D eigenvalue weighted by molar-refractivity contribution is 7.19. The predicted molar refractivity (Wildman–Crippen MR) is 153 cm³/mol. The summed E-state index contributed by atoms with van der Waals surface area (Å²) in [5.74, 6) is 1.42. The van der Waals surface area contributed by atoms with E-state index in [1.807, 2.05) is 12.1 Å². The number of benzene rings is 1. The molecule has 2 saturated heterocycles. The van der Waals surface area contributed by atoms with Gasteiger partial charge in [-0.15, -0.1) is 0 Å². The van der Waals surface area contributed by atoms with Crippen molar-refractivity contribution in [2.24, 2.45) is 5.92 Å². The number of hydrogen-bond acceptors (Lipinski definition) is 10. The molecule has 1 aromatic carbocycles. The van der Waals surface area contributed by atoms with Crippen LogP contribution in [0.4, 0.5) is 6.01 Å². The minimum Gasteiger partial charge on any atom is -0.467 e. The number of nitrogens with zero attached hydrogens (tertiary/aromatic N) is 6. The zero-order chi connectivity index (χ0) is 27.6. The molecule has 40 heavy (non-hydrogen) atoms. The Morgan fingerprint density at radius 2 is 1.82 bits per heavy atom. The molecule has 4 aromatic rings. The average Bonchev–Trinajstić information content (AvgIpc) is 3.64. The second-order valence-corrected chi connectivity index (χ2v) is 11.8. The summed E-state index contributed by atoms with van der Waals surface area (Å²) in [5.41, 5.74) is 3.80. The van der Waals surface area contributed by atoms with Crippen molar-refractivity contribution in [1.82, 2.24) is 25.0 Å². The topological polar surface area (TPSA) is 107 Å². The molecule has 2 fully saturated rings. The monoisotopic (exact) mass is 562 g/mol. The van der Waals surface area contributed by atoms with Gasteiger partial charge in [0.15, 0.2) is 5.82 Å². The highest BCUT2D eigenvalue weighted by atomic mass is 32.1. The minimum absolute atomic E-state index is 0.0424. The number of pyridine rings is 1. The van der Waals surface area contributed by atoms with Crippen LogP contribution in [-0.4, -0.2) is 70.3 Å². The first-order valence-corrected chi connectivity index (χ1v) is 14.7. The van der Waals surface area contributed by atoms with E-state index in [4.69, 9.17) is 24.0 Å². The molecule has 0 radical (unpaired) electrons. The summed E-state index contributed by atoms with van der Waals surface area (Å²) in [5, 5.41) is 4.74. The second kappa shape index (κ2) is 11.5. The number of morpholine rings is 1. The summed E-state index contributed by atoms with van der Waals surface area (Å²) in [6.45, 7) is 9.75. The van der Waals surface area contributed by atoms with Crippen LogP contribution < -0.4 is 9.64 Å². The van der Waals surface area contributed by atoms with Gasteiger partial charge < -0.3 is 23.8 Å². The van der Waals surface area contributed by atoms with Crippen molar-refractivity contribution in [3.05, 3.63) is 47.8 Å². The SMILES string of the molecule is CC(C)c1noc(N2CCC(C(C)Oc3nc4ccc(-c5ccc(C6CN(C=O)CCO6)cc5)nc4s3)CC2)n1. The molecular formula is C29H34N6O4S. The Morgan fingerprint density at radius 3 is 2.55 bits per heavy atom. The second-order valence-electron chi connectivity index (χ2n) is 10.8. The lowest BCUT2D eigenvalue weighted by molar-refractivity contribution is -0.125. The number of thiazole rings is 1. The standard InChI is InChI=1S/C29H34N6O4S/c1-18(2)26-32-28(39-33-26)35-12-10-20(11-13-35)19(3)38-29-31-24-9-8-23(30-27(24)40-29)21-4-6-22(7-5-21)25-16-34(17-36)14-15-37-25/h4-9,17-20,25H,10-16H2,1-3H3. The van der Waals surface area contributed by atoms with Crippen molar-refractivity contribution in [1.29, 1.82) is 0 Å². The third kappa shape index (κ3) is 5.66.